The van der Waals surface area contributed by atoms with Crippen LogP contribution in [-0.4, -0.2) is 4.98 Å². The van der Waals surface area contributed by atoms with Gasteiger partial charge >= 0.3 is 0 Å². The normalized spacial score (nSPS) is 13.6. The fraction of sp³-hybridized carbons (Fsp3) is 0.325. The molecule has 0 aliphatic rings. The molecule has 0 fully saturated rings. The van der Waals surface area contributed by atoms with E-state index in [0.29, 0.717) is 0 Å². The van der Waals surface area contributed by atoms with Crippen molar-refractivity contribution in [3.05, 3.63) is 89.6 Å². The van der Waals surface area contributed by atoms with Gasteiger partial charge in [-0.2, -0.15) is 0 Å². The summed E-state index contributed by atoms with van der Waals surface area (Å²) in [7, 11) is 0. The van der Waals surface area contributed by atoms with Gasteiger partial charge in [-0.1, -0.05) is 92.6 Å². The standard InChI is InChI=1S/C40H41N/c1-38(2,3)22-23-10-11-24-17-34-30(18-25(24)16-23)32-20-27(40(7,8)9)21-33-31-19-26(39(4,5)6)12-13-28(31)29-14-15-41-37(34)36(29)35(32)33/h10-21H,22H2,1-9H3. The maximum Gasteiger partial charge on any atom is 0.0793 e. The van der Waals surface area contributed by atoms with Gasteiger partial charge in [-0.25, -0.2) is 0 Å². The predicted octanol–water partition coefficient (Wildman–Crippen LogP) is 11.6. The zero-order valence-corrected chi connectivity index (χ0v) is 26.1. The first-order valence-electron chi connectivity index (χ1n) is 15.1. The Bertz CT molecular complexity index is 2160. The molecule has 0 radical (unpaired) electrons. The first kappa shape index (κ1) is 26.2. The number of benzene rings is 6. The summed E-state index contributed by atoms with van der Waals surface area (Å²) in [6.45, 7) is 20.9. The molecular formula is C40H41N. The Morgan fingerprint density at radius 1 is 0.488 bits per heavy atom. The lowest BCUT2D eigenvalue weighted by Gasteiger charge is -2.25. The average molecular weight is 536 g/mol. The molecule has 0 aliphatic carbocycles. The molecule has 0 aliphatic heterocycles. The van der Waals surface area contributed by atoms with Gasteiger partial charge in [0, 0.05) is 22.4 Å². The average Bonchev–Trinajstić information content (AvgIpc) is 2.89. The van der Waals surface area contributed by atoms with E-state index >= 15 is 0 Å². The van der Waals surface area contributed by atoms with Gasteiger partial charge < -0.3 is 0 Å². The highest BCUT2D eigenvalue weighted by molar-refractivity contribution is 6.40. The molecule has 0 N–H and O–H groups in total. The number of fused-ring (bicyclic) bond motifs is 7. The van der Waals surface area contributed by atoms with Crippen molar-refractivity contribution in [2.45, 2.75) is 79.6 Å². The van der Waals surface area contributed by atoms with E-state index in [4.69, 9.17) is 4.98 Å². The summed E-state index contributed by atoms with van der Waals surface area (Å²) >= 11 is 0. The number of aromatic nitrogens is 1. The van der Waals surface area contributed by atoms with Crippen LogP contribution < -0.4 is 0 Å². The fourth-order valence-corrected chi connectivity index (χ4v) is 6.87. The fourth-order valence-electron chi connectivity index (χ4n) is 6.87. The summed E-state index contributed by atoms with van der Waals surface area (Å²) in [6.07, 6.45) is 3.07. The van der Waals surface area contributed by atoms with Crippen LogP contribution in [-0.2, 0) is 17.3 Å². The number of rotatable bonds is 1. The summed E-state index contributed by atoms with van der Waals surface area (Å²) in [6, 6.07) is 26.2. The van der Waals surface area contributed by atoms with Crippen molar-refractivity contribution in [3.63, 3.8) is 0 Å². The highest BCUT2D eigenvalue weighted by Gasteiger charge is 2.23. The molecule has 6 aromatic carbocycles. The minimum atomic E-state index is 0.0275. The summed E-state index contributed by atoms with van der Waals surface area (Å²) in [5, 5.41) is 14.5. The number of hydrogen-bond donors (Lipinski definition) is 0. The first-order chi connectivity index (χ1) is 19.2. The SMILES string of the molecule is CC(C)(C)Cc1ccc2cc3c(cc2c1)c1cc(C(C)(C)C)cc2c4cc(C(C)(C)C)ccc4c4ccnc3c4c21. The molecular weight excluding hydrogens is 494 g/mol. The van der Waals surface area contributed by atoms with Crippen molar-refractivity contribution in [3.8, 4) is 0 Å². The van der Waals surface area contributed by atoms with Crippen molar-refractivity contribution in [1.82, 2.24) is 4.98 Å². The maximum absolute atomic E-state index is 5.07. The van der Waals surface area contributed by atoms with Crippen molar-refractivity contribution in [1.29, 1.82) is 0 Å². The molecule has 0 bridgehead atoms. The molecule has 0 saturated carbocycles. The van der Waals surface area contributed by atoms with E-state index in [1.807, 2.05) is 6.20 Å². The Kier molecular flexibility index (Phi) is 5.38. The van der Waals surface area contributed by atoms with Crippen LogP contribution >= 0.6 is 0 Å². The molecule has 206 valence electrons. The molecule has 0 saturated heterocycles. The second-order valence-corrected chi connectivity index (χ2v) is 15.6. The van der Waals surface area contributed by atoms with Crippen LogP contribution in [0, 0.1) is 5.41 Å². The Hall–Kier alpha value is -3.71. The van der Waals surface area contributed by atoms with E-state index in [0.717, 1.165) is 11.9 Å². The predicted molar refractivity (Wildman–Crippen MR) is 181 cm³/mol. The zero-order valence-electron chi connectivity index (χ0n) is 26.1. The quantitative estimate of drug-likeness (QED) is 0.150. The molecule has 0 spiro atoms. The molecule has 0 atom stereocenters. The van der Waals surface area contributed by atoms with E-state index in [1.165, 1.54) is 75.9 Å². The van der Waals surface area contributed by atoms with Crippen LogP contribution in [0.5, 0.6) is 0 Å². The molecule has 7 rings (SSSR count). The van der Waals surface area contributed by atoms with Crippen molar-refractivity contribution >= 4 is 64.8 Å². The van der Waals surface area contributed by atoms with Gasteiger partial charge in [0.05, 0.1) is 5.52 Å². The third kappa shape index (κ3) is 4.16. The Balaban J connectivity index is 1.71. The molecule has 0 unspecified atom stereocenters. The summed E-state index contributed by atoms with van der Waals surface area (Å²) < 4.78 is 0. The third-order valence-electron chi connectivity index (χ3n) is 8.99. The lowest BCUT2D eigenvalue weighted by atomic mass is 9.79. The van der Waals surface area contributed by atoms with Crippen LogP contribution in [0.15, 0.2) is 72.9 Å². The second-order valence-electron chi connectivity index (χ2n) is 15.6. The van der Waals surface area contributed by atoms with Gasteiger partial charge in [-0.05, 0) is 119 Å². The van der Waals surface area contributed by atoms with Gasteiger partial charge in [0.1, 0.15) is 0 Å². The van der Waals surface area contributed by atoms with Crippen LogP contribution in [0.3, 0.4) is 0 Å². The van der Waals surface area contributed by atoms with Crippen LogP contribution in [0.25, 0.3) is 64.8 Å². The summed E-state index contributed by atoms with van der Waals surface area (Å²) in [5.41, 5.74) is 5.62. The Morgan fingerprint density at radius 2 is 1.12 bits per heavy atom. The summed E-state index contributed by atoms with van der Waals surface area (Å²) in [5.74, 6) is 0. The lowest BCUT2D eigenvalue weighted by Crippen LogP contribution is -2.12. The topological polar surface area (TPSA) is 12.9 Å². The van der Waals surface area contributed by atoms with E-state index in [9.17, 15) is 0 Å². The van der Waals surface area contributed by atoms with Crippen molar-refractivity contribution in [2.75, 3.05) is 0 Å². The number of hydrogen-bond acceptors (Lipinski definition) is 1. The minimum Gasteiger partial charge on any atom is -0.256 e. The van der Waals surface area contributed by atoms with E-state index in [-0.39, 0.29) is 16.2 Å². The number of nitrogens with zero attached hydrogens (tertiary/aromatic N) is 1. The van der Waals surface area contributed by atoms with Gasteiger partial charge in [0.2, 0.25) is 0 Å². The maximum atomic E-state index is 5.07. The van der Waals surface area contributed by atoms with Crippen molar-refractivity contribution < 1.29 is 0 Å². The van der Waals surface area contributed by atoms with Crippen LogP contribution in [0.2, 0.25) is 0 Å². The van der Waals surface area contributed by atoms with E-state index in [2.05, 4.69) is 129 Å². The molecule has 7 aromatic rings. The van der Waals surface area contributed by atoms with Crippen LogP contribution in [0.4, 0.5) is 0 Å². The summed E-state index contributed by atoms with van der Waals surface area (Å²) in [4.78, 5) is 5.07. The molecule has 1 nitrogen and oxygen atoms in total. The van der Waals surface area contributed by atoms with E-state index < -0.39 is 0 Å². The molecule has 1 heterocycles. The second kappa shape index (κ2) is 8.41. The Labute approximate surface area is 243 Å². The van der Waals surface area contributed by atoms with Gasteiger partial charge in [-0.15, -0.1) is 0 Å². The highest BCUT2D eigenvalue weighted by Crippen LogP contribution is 2.47. The van der Waals surface area contributed by atoms with Crippen LogP contribution in [0.1, 0.15) is 79.0 Å². The smallest absolute Gasteiger partial charge is 0.0793 e. The number of pyridine rings is 1. The molecule has 0 amide bonds. The Morgan fingerprint density at radius 3 is 1.78 bits per heavy atom. The van der Waals surface area contributed by atoms with Gasteiger partial charge in [0.25, 0.3) is 0 Å². The monoisotopic (exact) mass is 535 g/mol. The molecule has 1 heteroatoms. The lowest BCUT2D eigenvalue weighted by molar-refractivity contribution is 0.411. The van der Waals surface area contributed by atoms with Gasteiger partial charge in [-0.3, -0.25) is 4.98 Å². The minimum absolute atomic E-state index is 0.0275. The van der Waals surface area contributed by atoms with Crippen molar-refractivity contribution in [2.24, 2.45) is 5.41 Å². The molecule has 1 aromatic heterocycles. The largest absolute Gasteiger partial charge is 0.256 e. The zero-order chi connectivity index (χ0) is 29.1. The first-order valence-corrected chi connectivity index (χ1v) is 15.1. The third-order valence-corrected chi connectivity index (χ3v) is 8.99. The van der Waals surface area contributed by atoms with E-state index in [1.54, 1.807) is 0 Å². The van der Waals surface area contributed by atoms with Gasteiger partial charge in [0.15, 0.2) is 0 Å². The highest BCUT2D eigenvalue weighted by atomic mass is 14.7. The molecule has 41 heavy (non-hydrogen) atoms.